The zero-order valence-electron chi connectivity index (χ0n) is 9.16. The molecule has 1 aromatic heterocycles. The average molecular weight is 237 g/mol. The summed E-state index contributed by atoms with van der Waals surface area (Å²) in [5.41, 5.74) is 5.78. The Balaban J connectivity index is 2.55. The van der Waals surface area contributed by atoms with E-state index < -0.39 is 5.91 Å². The number of carbonyl (C=O) groups excluding carboxylic acids is 1. The first-order valence-electron chi connectivity index (χ1n) is 4.97. The Morgan fingerprint density at radius 2 is 1.89 bits per heavy atom. The van der Waals surface area contributed by atoms with Crippen LogP contribution in [-0.4, -0.2) is 15.7 Å². The van der Waals surface area contributed by atoms with Crippen molar-refractivity contribution in [2.45, 2.75) is 0 Å². The van der Waals surface area contributed by atoms with Crippen LogP contribution >= 0.6 is 0 Å². The zero-order chi connectivity index (χ0) is 13.1. The van der Waals surface area contributed by atoms with E-state index in [0.717, 1.165) is 4.68 Å². The van der Waals surface area contributed by atoms with E-state index in [1.165, 1.54) is 0 Å². The highest BCUT2D eigenvalue weighted by molar-refractivity contribution is 5.97. The van der Waals surface area contributed by atoms with Crippen LogP contribution in [0.2, 0.25) is 0 Å². The number of hydrogen-bond donors (Lipinski definition) is 1. The summed E-state index contributed by atoms with van der Waals surface area (Å²) in [6.07, 6.45) is 0. The maximum atomic E-state index is 12.1. The number of rotatable bonds is 1. The number of benzene rings is 1. The van der Waals surface area contributed by atoms with E-state index in [1.54, 1.807) is 42.5 Å². The van der Waals surface area contributed by atoms with Crippen LogP contribution in [0.15, 0.2) is 30.3 Å². The van der Waals surface area contributed by atoms with Crippen molar-refractivity contribution in [1.29, 1.82) is 10.5 Å². The summed E-state index contributed by atoms with van der Waals surface area (Å²) in [5.74, 6) is -0.603. The fourth-order valence-electron chi connectivity index (χ4n) is 1.48. The van der Waals surface area contributed by atoms with Crippen LogP contribution in [-0.2, 0) is 0 Å². The molecule has 0 radical (unpaired) electrons. The van der Waals surface area contributed by atoms with Crippen LogP contribution in [0.1, 0.15) is 21.6 Å². The summed E-state index contributed by atoms with van der Waals surface area (Å²) in [4.78, 5) is 12.1. The third-order valence-corrected chi connectivity index (χ3v) is 2.35. The van der Waals surface area contributed by atoms with Crippen LogP contribution in [0, 0.1) is 22.7 Å². The van der Waals surface area contributed by atoms with Gasteiger partial charge in [-0.25, -0.2) is 0 Å². The van der Waals surface area contributed by atoms with Gasteiger partial charge in [-0.15, -0.1) is 0 Å². The SMILES string of the molecule is N#Cc1nn(C(=O)c2ccccc2)c(N)c1C#N. The Kier molecular flexibility index (Phi) is 2.78. The number of hydrogen-bond acceptors (Lipinski definition) is 5. The minimum absolute atomic E-state index is 0.0817. The second kappa shape index (κ2) is 4.40. The molecular weight excluding hydrogens is 230 g/mol. The number of nitrogens with zero attached hydrogens (tertiary/aromatic N) is 4. The smallest absolute Gasteiger partial charge is 0.280 e. The molecule has 0 saturated carbocycles. The number of aromatic nitrogens is 2. The van der Waals surface area contributed by atoms with Crippen molar-refractivity contribution in [2.24, 2.45) is 0 Å². The maximum Gasteiger partial charge on any atom is 0.280 e. The third-order valence-electron chi connectivity index (χ3n) is 2.35. The van der Waals surface area contributed by atoms with Gasteiger partial charge in [-0.3, -0.25) is 4.79 Å². The summed E-state index contributed by atoms with van der Waals surface area (Å²) in [6, 6.07) is 11.8. The first-order chi connectivity index (χ1) is 8.69. The Morgan fingerprint density at radius 1 is 1.22 bits per heavy atom. The molecule has 6 heteroatoms. The van der Waals surface area contributed by atoms with Crippen molar-refractivity contribution >= 4 is 11.7 Å². The molecule has 1 aromatic carbocycles. The van der Waals surface area contributed by atoms with Gasteiger partial charge in [0.1, 0.15) is 23.5 Å². The van der Waals surface area contributed by atoms with Crippen LogP contribution in [0.3, 0.4) is 0 Å². The predicted octanol–water partition coefficient (Wildman–Crippen LogP) is 0.897. The Hall–Kier alpha value is -3.12. The lowest BCUT2D eigenvalue weighted by Crippen LogP contribution is -2.16. The van der Waals surface area contributed by atoms with Crippen molar-refractivity contribution in [3.8, 4) is 12.1 Å². The largest absolute Gasteiger partial charge is 0.382 e. The molecule has 0 amide bonds. The lowest BCUT2D eigenvalue weighted by Gasteiger charge is -2.01. The van der Waals surface area contributed by atoms with Gasteiger partial charge >= 0.3 is 0 Å². The molecule has 6 nitrogen and oxygen atoms in total. The molecular formula is C12H7N5O. The van der Waals surface area contributed by atoms with E-state index in [2.05, 4.69) is 5.10 Å². The number of anilines is 1. The predicted molar refractivity (Wildman–Crippen MR) is 62.2 cm³/mol. The first kappa shape index (κ1) is 11.4. The third kappa shape index (κ3) is 1.68. The molecule has 0 unspecified atom stereocenters. The van der Waals surface area contributed by atoms with Crippen LogP contribution in [0.5, 0.6) is 0 Å². The maximum absolute atomic E-state index is 12.1. The van der Waals surface area contributed by atoms with E-state index >= 15 is 0 Å². The van der Waals surface area contributed by atoms with Crippen molar-refractivity contribution in [1.82, 2.24) is 9.78 Å². The average Bonchev–Trinajstić information content (AvgIpc) is 2.75. The molecule has 86 valence electrons. The lowest BCUT2D eigenvalue weighted by atomic mass is 10.2. The Labute approximate surface area is 102 Å². The van der Waals surface area contributed by atoms with Crippen LogP contribution in [0.4, 0.5) is 5.82 Å². The fraction of sp³-hybridized carbons (Fsp3) is 0. The molecule has 2 rings (SSSR count). The topological polar surface area (TPSA) is 108 Å². The van der Waals surface area contributed by atoms with Gasteiger partial charge in [-0.05, 0) is 12.1 Å². The van der Waals surface area contributed by atoms with Gasteiger partial charge in [0.05, 0.1) is 0 Å². The fourth-order valence-corrected chi connectivity index (χ4v) is 1.48. The number of nitrogen functional groups attached to an aromatic ring is 1. The molecule has 18 heavy (non-hydrogen) atoms. The molecule has 0 spiro atoms. The molecule has 0 saturated heterocycles. The van der Waals surface area contributed by atoms with Crippen LogP contribution < -0.4 is 5.73 Å². The molecule has 1 heterocycles. The van der Waals surface area contributed by atoms with Gasteiger partial charge in [0.2, 0.25) is 0 Å². The lowest BCUT2D eigenvalue weighted by molar-refractivity contribution is 0.0948. The normalized spacial score (nSPS) is 9.44. The Morgan fingerprint density at radius 3 is 2.39 bits per heavy atom. The number of carbonyl (C=O) groups is 1. The number of nitrogens with two attached hydrogens (primary N) is 1. The first-order valence-corrected chi connectivity index (χ1v) is 4.97. The van der Waals surface area contributed by atoms with E-state index in [9.17, 15) is 4.79 Å². The van der Waals surface area contributed by atoms with Crippen molar-refractivity contribution in [2.75, 3.05) is 5.73 Å². The van der Waals surface area contributed by atoms with Crippen molar-refractivity contribution < 1.29 is 4.79 Å². The summed E-state index contributed by atoms with van der Waals surface area (Å²) in [5, 5.41) is 21.4. The van der Waals surface area contributed by atoms with E-state index in [-0.39, 0.29) is 17.1 Å². The molecule has 0 bridgehead atoms. The van der Waals surface area contributed by atoms with Gasteiger partial charge in [-0.1, -0.05) is 18.2 Å². The summed E-state index contributed by atoms with van der Waals surface area (Å²) in [6.45, 7) is 0. The van der Waals surface area contributed by atoms with E-state index in [0.29, 0.717) is 5.56 Å². The minimum Gasteiger partial charge on any atom is -0.382 e. The van der Waals surface area contributed by atoms with Crippen molar-refractivity contribution in [3.63, 3.8) is 0 Å². The molecule has 0 aliphatic carbocycles. The molecule has 0 aliphatic rings. The molecule has 2 aromatic rings. The van der Waals surface area contributed by atoms with Gasteiger partial charge in [0.25, 0.3) is 5.91 Å². The van der Waals surface area contributed by atoms with Gasteiger partial charge < -0.3 is 5.73 Å². The minimum atomic E-state index is -0.480. The summed E-state index contributed by atoms with van der Waals surface area (Å²) < 4.78 is 0.867. The van der Waals surface area contributed by atoms with Gasteiger partial charge in [0, 0.05) is 5.56 Å². The van der Waals surface area contributed by atoms with Crippen LogP contribution in [0.25, 0.3) is 0 Å². The summed E-state index contributed by atoms with van der Waals surface area (Å²) >= 11 is 0. The number of nitriles is 2. The van der Waals surface area contributed by atoms with Gasteiger partial charge in [0.15, 0.2) is 5.69 Å². The van der Waals surface area contributed by atoms with Gasteiger partial charge in [-0.2, -0.15) is 20.3 Å². The molecule has 0 fully saturated rings. The Bertz CT molecular complexity index is 688. The highest BCUT2D eigenvalue weighted by Crippen LogP contribution is 2.16. The summed E-state index contributed by atoms with van der Waals surface area (Å²) in [7, 11) is 0. The van der Waals surface area contributed by atoms with E-state index in [4.69, 9.17) is 16.3 Å². The standard InChI is InChI=1S/C12H7N5O/c13-6-9-10(7-14)16-17(11(9)15)12(18)8-4-2-1-3-5-8/h1-5H,15H2. The second-order valence-electron chi connectivity index (χ2n) is 3.42. The molecule has 0 aliphatic heterocycles. The van der Waals surface area contributed by atoms with E-state index in [1.807, 2.05) is 0 Å². The zero-order valence-corrected chi connectivity index (χ0v) is 9.16. The molecule has 2 N–H and O–H groups in total. The van der Waals surface area contributed by atoms with Crippen molar-refractivity contribution in [3.05, 3.63) is 47.2 Å². The second-order valence-corrected chi connectivity index (χ2v) is 3.42. The monoisotopic (exact) mass is 237 g/mol. The molecule has 0 atom stereocenters. The highest BCUT2D eigenvalue weighted by Gasteiger charge is 2.20. The highest BCUT2D eigenvalue weighted by atomic mass is 16.2. The quantitative estimate of drug-likeness (QED) is 0.792.